The second-order valence-electron chi connectivity index (χ2n) is 6.01. The Morgan fingerprint density at radius 3 is 2.36 bits per heavy atom. The first-order valence-corrected chi connectivity index (χ1v) is 8.36. The maximum absolute atomic E-state index is 13.3. The third-order valence-corrected chi connectivity index (χ3v) is 4.02. The molecule has 2 amide bonds. The average molecular weight is 375 g/mol. The molecule has 0 fully saturated rings. The van der Waals surface area contributed by atoms with Gasteiger partial charge in [0, 0.05) is 23.1 Å². The van der Waals surface area contributed by atoms with Crippen LogP contribution >= 0.6 is 0 Å². The summed E-state index contributed by atoms with van der Waals surface area (Å²) in [5.74, 6) is -1.19. The first-order valence-electron chi connectivity index (χ1n) is 8.36. The molecule has 0 unspecified atom stereocenters. The molecule has 2 N–H and O–H groups in total. The highest BCUT2D eigenvalue weighted by molar-refractivity contribution is 6.07. The summed E-state index contributed by atoms with van der Waals surface area (Å²) >= 11 is 0. The molecule has 0 spiro atoms. The van der Waals surface area contributed by atoms with E-state index < -0.39 is 11.7 Å². The molecule has 2 heterocycles. The molecule has 0 radical (unpaired) electrons. The maximum atomic E-state index is 13.3. The standard InChI is InChI=1S/C20H14FN5O2/c21-15-4-2-6-17(10-15)24-19(27)13-3-1-5-16(9-13)23-20(28)14-7-8-18-25-22-12-26(18)11-14/h1-12H,(H,23,28)(H,24,27). The minimum Gasteiger partial charge on any atom is -0.322 e. The van der Waals surface area contributed by atoms with Gasteiger partial charge in [-0.1, -0.05) is 12.1 Å². The number of halogens is 1. The van der Waals surface area contributed by atoms with Crippen LogP contribution in [0, 0.1) is 5.82 Å². The predicted molar refractivity (Wildman–Crippen MR) is 102 cm³/mol. The Labute approximate surface area is 158 Å². The van der Waals surface area contributed by atoms with Crippen molar-refractivity contribution in [2.24, 2.45) is 0 Å². The van der Waals surface area contributed by atoms with Crippen molar-refractivity contribution in [2.75, 3.05) is 10.6 Å². The zero-order chi connectivity index (χ0) is 19.5. The lowest BCUT2D eigenvalue weighted by molar-refractivity contribution is 0.101. The summed E-state index contributed by atoms with van der Waals surface area (Å²) < 4.78 is 14.9. The SMILES string of the molecule is O=C(Nc1cccc(F)c1)c1cccc(NC(=O)c2ccc3nncn3c2)c1. The number of nitrogens with zero attached hydrogens (tertiary/aromatic N) is 3. The summed E-state index contributed by atoms with van der Waals surface area (Å²) in [4.78, 5) is 24.9. The van der Waals surface area contributed by atoms with Gasteiger partial charge in [-0.25, -0.2) is 4.39 Å². The molecule has 0 bridgehead atoms. The molecule has 0 aliphatic carbocycles. The van der Waals surface area contributed by atoms with Crippen LogP contribution in [0.2, 0.25) is 0 Å². The molecular weight excluding hydrogens is 361 g/mol. The van der Waals surface area contributed by atoms with Crippen molar-refractivity contribution in [1.29, 1.82) is 0 Å². The Hall–Kier alpha value is -4.07. The molecular formula is C20H14FN5O2. The molecule has 0 saturated heterocycles. The normalized spacial score (nSPS) is 10.6. The van der Waals surface area contributed by atoms with Gasteiger partial charge in [-0.3, -0.25) is 14.0 Å². The number of anilines is 2. The van der Waals surface area contributed by atoms with Gasteiger partial charge >= 0.3 is 0 Å². The molecule has 2 aromatic carbocycles. The quantitative estimate of drug-likeness (QED) is 0.572. The Morgan fingerprint density at radius 1 is 0.857 bits per heavy atom. The van der Waals surface area contributed by atoms with Crippen LogP contribution in [-0.4, -0.2) is 26.4 Å². The minimum absolute atomic E-state index is 0.330. The summed E-state index contributed by atoms with van der Waals surface area (Å²) in [6.45, 7) is 0. The number of fused-ring (bicyclic) bond motifs is 1. The van der Waals surface area contributed by atoms with E-state index in [0.29, 0.717) is 28.1 Å². The maximum Gasteiger partial charge on any atom is 0.257 e. The lowest BCUT2D eigenvalue weighted by Crippen LogP contribution is -2.15. The van der Waals surface area contributed by atoms with Crippen LogP contribution in [0.4, 0.5) is 15.8 Å². The van der Waals surface area contributed by atoms with Crippen molar-refractivity contribution in [3.05, 3.63) is 90.1 Å². The number of hydrogen-bond acceptors (Lipinski definition) is 4. The van der Waals surface area contributed by atoms with Crippen molar-refractivity contribution in [1.82, 2.24) is 14.6 Å². The number of pyridine rings is 1. The number of aromatic nitrogens is 3. The minimum atomic E-state index is -0.441. The Balaban J connectivity index is 1.49. The molecule has 4 aromatic rings. The highest BCUT2D eigenvalue weighted by atomic mass is 19.1. The average Bonchev–Trinajstić information content (AvgIpc) is 3.16. The number of amides is 2. The fourth-order valence-electron chi connectivity index (χ4n) is 2.67. The molecule has 8 heteroatoms. The first-order chi connectivity index (χ1) is 13.6. The van der Waals surface area contributed by atoms with E-state index in [1.54, 1.807) is 53.1 Å². The molecule has 4 rings (SSSR count). The van der Waals surface area contributed by atoms with Crippen LogP contribution < -0.4 is 10.6 Å². The van der Waals surface area contributed by atoms with Crippen molar-refractivity contribution >= 4 is 28.8 Å². The van der Waals surface area contributed by atoms with Gasteiger partial charge in [-0.05, 0) is 48.5 Å². The van der Waals surface area contributed by atoms with Gasteiger partial charge in [-0.15, -0.1) is 10.2 Å². The monoisotopic (exact) mass is 375 g/mol. The van der Waals surface area contributed by atoms with E-state index in [1.165, 1.54) is 24.5 Å². The van der Waals surface area contributed by atoms with E-state index in [2.05, 4.69) is 20.8 Å². The number of hydrogen-bond donors (Lipinski definition) is 2. The second kappa shape index (κ2) is 7.28. The highest BCUT2D eigenvalue weighted by Crippen LogP contribution is 2.16. The Bertz CT molecular complexity index is 1190. The fourth-order valence-corrected chi connectivity index (χ4v) is 2.67. The molecule has 28 heavy (non-hydrogen) atoms. The smallest absolute Gasteiger partial charge is 0.257 e. The molecule has 2 aromatic heterocycles. The number of nitrogens with one attached hydrogen (secondary N) is 2. The van der Waals surface area contributed by atoms with Gasteiger partial charge in [-0.2, -0.15) is 0 Å². The van der Waals surface area contributed by atoms with Crippen LogP contribution in [0.1, 0.15) is 20.7 Å². The van der Waals surface area contributed by atoms with Gasteiger partial charge in [0.2, 0.25) is 0 Å². The summed E-state index contributed by atoms with van der Waals surface area (Å²) in [5.41, 5.74) is 2.19. The van der Waals surface area contributed by atoms with E-state index in [4.69, 9.17) is 0 Å². The van der Waals surface area contributed by atoms with E-state index >= 15 is 0 Å². The van der Waals surface area contributed by atoms with E-state index in [0.717, 1.165) is 0 Å². The third-order valence-electron chi connectivity index (χ3n) is 4.02. The molecule has 0 aliphatic heterocycles. The molecule has 138 valence electrons. The van der Waals surface area contributed by atoms with Crippen LogP contribution in [0.25, 0.3) is 5.65 Å². The van der Waals surface area contributed by atoms with Gasteiger partial charge in [0.1, 0.15) is 12.1 Å². The van der Waals surface area contributed by atoms with Crippen molar-refractivity contribution in [3.8, 4) is 0 Å². The first kappa shape index (κ1) is 17.3. The van der Waals surface area contributed by atoms with Gasteiger partial charge in [0.15, 0.2) is 5.65 Å². The van der Waals surface area contributed by atoms with Crippen LogP contribution in [0.5, 0.6) is 0 Å². The summed E-state index contributed by atoms with van der Waals surface area (Å²) in [6.07, 6.45) is 3.12. The van der Waals surface area contributed by atoms with Crippen LogP contribution in [-0.2, 0) is 0 Å². The molecule has 0 aliphatic rings. The van der Waals surface area contributed by atoms with Crippen molar-refractivity contribution in [3.63, 3.8) is 0 Å². The molecule has 0 saturated carbocycles. The lowest BCUT2D eigenvalue weighted by Gasteiger charge is -2.09. The highest BCUT2D eigenvalue weighted by Gasteiger charge is 2.11. The topological polar surface area (TPSA) is 88.4 Å². The van der Waals surface area contributed by atoms with Gasteiger partial charge in [0.25, 0.3) is 11.8 Å². The Kier molecular flexibility index (Phi) is 4.51. The number of rotatable bonds is 4. The molecule has 0 atom stereocenters. The van der Waals surface area contributed by atoms with Gasteiger partial charge < -0.3 is 10.6 Å². The number of carbonyl (C=O) groups is 2. The van der Waals surface area contributed by atoms with Crippen molar-refractivity contribution in [2.45, 2.75) is 0 Å². The van der Waals surface area contributed by atoms with E-state index in [-0.39, 0.29) is 5.91 Å². The zero-order valence-electron chi connectivity index (χ0n) is 14.5. The van der Waals surface area contributed by atoms with Crippen LogP contribution in [0.3, 0.4) is 0 Å². The van der Waals surface area contributed by atoms with Gasteiger partial charge in [0.05, 0.1) is 5.56 Å². The second-order valence-corrected chi connectivity index (χ2v) is 6.01. The summed E-state index contributed by atoms with van der Waals surface area (Å²) in [6, 6.07) is 15.4. The molecule has 7 nitrogen and oxygen atoms in total. The van der Waals surface area contributed by atoms with E-state index in [1.807, 2.05) is 0 Å². The third kappa shape index (κ3) is 3.70. The fraction of sp³-hybridized carbons (Fsp3) is 0. The van der Waals surface area contributed by atoms with E-state index in [9.17, 15) is 14.0 Å². The predicted octanol–water partition coefficient (Wildman–Crippen LogP) is 3.37. The van der Waals surface area contributed by atoms with Crippen molar-refractivity contribution < 1.29 is 14.0 Å². The van der Waals surface area contributed by atoms with Crippen LogP contribution in [0.15, 0.2) is 73.2 Å². The number of benzene rings is 2. The summed E-state index contributed by atoms with van der Waals surface area (Å²) in [5, 5.41) is 13.0. The summed E-state index contributed by atoms with van der Waals surface area (Å²) in [7, 11) is 0. The largest absolute Gasteiger partial charge is 0.322 e. The lowest BCUT2D eigenvalue weighted by atomic mass is 10.1. The Morgan fingerprint density at radius 2 is 1.57 bits per heavy atom. The number of carbonyl (C=O) groups excluding carboxylic acids is 2. The zero-order valence-corrected chi connectivity index (χ0v) is 14.5.